The van der Waals surface area contributed by atoms with Gasteiger partial charge in [-0.2, -0.15) is 13.2 Å². The minimum absolute atomic E-state index is 0.0114. The van der Waals surface area contributed by atoms with E-state index in [2.05, 4.69) is 15.6 Å². The number of rotatable bonds is 11. The molecule has 13 heteroatoms. The van der Waals surface area contributed by atoms with Gasteiger partial charge in [-0.05, 0) is 71.5 Å². The van der Waals surface area contributed by atoms with E-state index >= 15 is 0 Å². The van der Waals surface area contributed by atoms with E-state index < -0.39 is 27.1 Å². The lowest BCUT2D eigenvalue weighted by molar-refractivity contribution is -0.128. The van der Waals surface area contributed by atoms with E-state index in [1.165, 1.54) is 31.2 Å². The van der Waals surface area contributed by atoms with Crippen LogP contribution in [0.15, 0.2) is 77.8 Å². The molecule has 4 rings (SSSR count). The molecule has 0 saturated heterocycles. The molecule has 43 heavy (non-hydrogen) atoms. The van der Waals surface area contributed by atoms with Gasteiger partial charge in [-0.25, -0.2) is 9.19 Å². The van der Waals surface area contributed by atoms with Crippen molar-refractivity contribution < 1.29 is 31.7 Å². The van der Waals surface area contributed by atoms with E-state index in [1.807, 2.05) is 18.2 Å². The maximum Gasteiger partial charge on any atom is 0.475 e. The number of aryl methyl sites for hydroxylation is 1. The third-order valence-corrected chi connectivity index (χ3v) is 7.86. The van der Waals surface area contributed by atoms with E-state index in [1.54, 1.807) is 36.5 Å². The van der Waals surface area contributed by atoms with Crippen LogP contribution in [0.5, 0.6) is 5.75 Å². The third kappa shape index (κ3) is 8.01. The number of fused-ring (bicyclic) bond motifs is 1. The fourth-order valence-electron chi connectivity index (χ4n) is 4.44. The number of nitrogens with two attached hydrogens (primary N) is 1. The van der Waals surface area contributed by atoms with Crippen LogP contribution in [0.4, 0.5) is 30.4 Å². The van der Waals surface area contributed by atoms with Gasteiger partial charge in [-0.15, -0.1) is 0 Å². The highest BCUT2D eigenvalue weighted by Gasteiger charge is 2.39. The van der Waals surface area contributed by atoms with Crippen LogP contribution < -0.4 is 21.1 Å². The monoisotopic (exact) mass is 613 g/mol. The Kier molecular flexibility index (Phi) is 9.86. The molecular formula is C30H30F3N5O4S. The first-order valence-corrected chi connectivity index (χ1v) is 14.3. The van der Waals surface area contributed by atoms with Gasteiger partial charge in [-0.1, -0.05) is 18.2 Å². The summed E-state index contributed by atoms with van der Waals surface area (Å²) < 4.78 is 57.8. The van der Waals surface area contributed by atoms with Crippen LogP contribution in [-0.4, -0.2) is 52.1 Å². The van der Waals surface area contributed by atoms with Crippen LogP contribution in [0.1, 0.15) is 17.5 Å². The van der Waals surface area contributed by atoms with Gasteiger partial charge < -0.3 is 26.0 Å². The summed E-state index contributed by atoms with van der Waals surface area (Å²) in [5, 5.41) is 7.25. The van der Waals surface area contributed by atoms with Gasteiger partial charge in [0.1, 0.15) is 11.6 Å². The maximum absolute atomic E-state index is 13.4. The lowest BCUT2D eigenvalue weighted by Crippen LogP contribution is -2.32. The largest absolute Gasteiger partial charge is 0.496 e. The quantitative estimate of drug-likeness (QED) is 0.215. The van der Waals surface area contributed by atoms with Gasteiger partial charge in [0.2, 0.25) is 11.8 Å². The highest BCUT2D eigenvalue weighted by atomic mass is 32.2. The molecule has 0 aliphatic rings. The Morgan fingerprint density at radius 1 is 1.02 bits per heavy atom. The van der Waals surface area contributed by atoms with E-state index in [0.29, 0.717) is 23.7 Å². The number of amides is 2. The Hall–Kier alpha value is -4.65. The SMILES string of the molecule is COc1ccccc1CCC(=O)Nc1ccc(S(=O)C(F)(F)F)c(CN(C)C(=O)CNc2ccc3c(N)nccc3c2)c1. The minimum Gasteiger partial charge on any atom is -0.496 e. The Balaban J connectivity index is 1.45. The molecule has 1 atom stereocenters. The number of ether oxygens (including phenoxy) is 1. The maximum atomic E-state index is 13.4. The number of halogens is 3. The number of methoxy groups -OCH3 is 1. The third-order valence-electron chi connectivity index (χ3n) is 6.64. The van der Waals surface area contributed by atoms with E-state index in [4.69, 9.17) is 10.5 Å². The number of hydrogen-bond acceptors (Lipinski definition) is 7. The lowest BCUT2D eigenvalue weighted by atomic mass is 10.1. The standard InChI is InChI=1S/C30H30F3N5O4S/c1-38(28(40)17-36-22-8-10-24-20(15-22)13-14-35-29(24)34)18-21-16-23(9-11-26(21)43(41)30(31,32)33)37-27(39)12-7-19-5-3-4-6-25(19)42-2/h3-6,8-11,13-16,36H,7,12,17-18H2,1-2H3,(H2,34,35)(H,37,39). The van der Waals surface area contributed by atoms with Crippen molar-refractivity contribution in [1.82, 2.24) is 9.88 Å². The average molecular weight is 614 g/mol. The van der Waals surface area contributed by atoms with Gasteiger partial charge in [0.15, 0.2) is 10.8 Å². The number of aromatic nitrogens is 1. The lowest BCUT2D eigenvalue weighted by Gasteiger charge is -2.21. The number of benzene rings is 3. The molecular weight excluding hydrogens is 583 g/mol. The topological polar surface area (TPSA) is 127 Å². The molecule has 0 fully saturated rings. The second kappa shape index (κ2) is 13.6. The number of nitrogen functional groups attached to an aromatic ring is 1. The van der Waals surface area contributed by atoms with Crippen molar-refractivity contribution in [3.8, 4) is 5.75 Å². The van der Waals surface area contributed by atoms with Gasteiger partial charge >= 0.3 is 5.51 Å². The van der Waals surface area contributed by atoms with Crippen LogP contribution in [0, 0.1) is 0 Å². The molecule has 9 nitrogen and oxygen atoms in total. The van der Waals surface area contributed by atoms with Crippen molar-refractivity contribution in [2.45, 2.75) is 29.8 Å². The highest BCUT2D eigenvalue weighted by Crippen LogP contribution is 2.31. The molecule has 0 spiro atoms. The second-order valence-corrected chi connectivity index (χ2v) is 11.1. The Morgan fingerprint density at radius 3 is 2.51 bits per heavy atom. The first kappa shape index (κ1) is 31.3. The first-order valence-electron chi connectivity index (χ1n) is 13.1. The molecule has 0 aliphatic heterocycles. The molecule has 4 N–H and O–H groups in total. The number of nitrogens with zero attached hydrogens (tertiary/aromatic N) is 2. The molecule has 4 aromatic rings. The molecule has 0 radical (unpaired) electrons. The van der Waals surface area contributed by atoms with Gasteiger partial charge in [0, 0.05) is 43.0 Å². The summed E-state index contributed by atoms with van der Waals surface area (Å²) in [7, 11) is -0.383. The number of hydrogen-bond donors (Lipinski definition) is 3. The van der Waals surface area contributed by atoms with E-state index in [-0.39, 0.29) is 36.7 Å². The number of pyridine rings is 1. The highest BCUT2D eigenvalue weighted by molar-refractivity contribution is 7.86. The summed E-state index contributed by atoms with van der Waals surface area (Å²) in [5.74, 6) is 0.218. The van der Waals surface area contributed by atoms with Crippen molar-refractivity contribution in [2.24, 2.45) is 0 Å². The first-order chi connectivity index (χ1) is 20.5. The van der Waals surface area contributed by atoms with Gasteiger partial charge in [0.25, 0.3) is 0 Å². The van der Waals surface area contributed by atoms with Gasteiger partial charge in [0.05, 0.1) is 18.6 Å². The average Bonchev–Trinajstić information content (AvgIpc) is 2.98. The zero-order chi connectivity index (χ0) is 31.1. The molecule has 1 heterocycles. The number of para-hydroxylation sites is 1. The van der Waals surface area contributed by atoms with Crippen molar-refractivity contribution in [3.05, 3.63) is 84.1 Å². The van der Waals surface area contributed by atoms with Crippen molar-refractivity contribution in [1.29, 1.82) is 0 Å². The number of carbonyl (C=O) groups excluding carboxylic acids is 2. The Labute approximate surface area is 248 Å². The number of likely N-dealkylation sites (N-methyl/N-ethyl adjacent to an activating group) is 1. The summed E-state index contributed by atoms with van der Waals surface area (Å²) >= 11 is 0. The van der Waals surface area contributed by atoms with Gasteiger partial charge in [-0.3, -0.25) is 9.59 Å². The molecule has 0 saturated carbocycles. The summed E-state index contributed by atoms with van der Waals surface area (Å²) in [4.78, 5) is 30.3. The molecule has 0 bridgehead atoms. The van der Waals surface area contributed by atoms with Crippen molar-refractivity contribution >= 4 is 50.6 Å². The Morgan fingerprint density at radius 2 is 1.77 bits per heavy atom. The zero-order valence-corrected chi connectivity index (χ0v) is 24.2. The molecule has 226 valence electrons. The second-order valence-electron chi connectivity index (χ2n) is 9.63. The number of nitrogens with one attached hydrogen (secondary N) is 2. The molecule has 0 aliphatic carbocycles. The van der Waals surface area contributed by atoms with Crippen LogP contribution in [0.3, 0.4) is 0 Å². The summed E-state index contributed by atoms with van der Waals surface area (Å²) in [5.41, 5.74) is 2.54. The predicted molar refractivity (Wildman–Crippen MR) is 160 cm³/mol. The summed E-state index contributed by atoms with van der Waals surface area (Å²) in [6.07, 6.45) is 2.04. The number of carbonyl (C=O) groups is 2. The Bertz CT molecular complexity index is 1660. The van der Waals surface area contributed by atoms with Crippen LogP contribution in [0.25, 0.3) is 10.8 Å². The normalized spacial score (nSPS) is 12.0. The summed E-state index contributed by atoms with van der Waals surface area (Å²) in [6, 6.07) is 17.9. The van der Waals surface area contributed by atoms with Crippen LogP contribution in [0.2, 0.25) is 0 Å². The molecule has 1 unspecified atom stereocenters. The number of alkyl halides is 3. The fraction of sp³-hybridized carbons (Fsp3) is 0.233. The molecule has 3 aromatic carbocycles. The van der Waals surface area contributed by atoms with E-state index in [0.717, 1.165) is 22.4 Å². The predicted octanol–water partition coefficient (Wildman–Crippen LogP) is 5.09. The zero-order valence-electron chi connectivity index (χ0n) is 23.4. The summed E-state index contributed by atoms with van der Waals surface area (Å²) in [6.45, 7) is -0.428. The van der Waals surface area contributed by atoms with Crippen molar-refractivity contribution in [3.63, 3.8) is 0 Å². The molecule has 1 aromatic heterocycles. The van der Waals surface area contributed by atoms with Crippen LogP contribution in [-0.2, 0) is 33.4 Å². The van der Waals surface area contributed by atoms with Crippen LogP contribution >= 0.6 is 0 Å². The number of anilines is 3. The van der Waals surface area contributed by atoms with E-state index in [9.17, 15) is 27.0 Å². The van der Waals surface area contributed by atoms with Crippen molar-refractivity contribution in [2.75, 3.05) is 37.1 Å². The molecule has 2 amide bonds. The smallest absolute Gasteiger partial charge is 0.475 e. The minimum atomic E-state index is -5.01. The fourth-order valence-corrected chi connectivity index (χ4v) is 5.24.